The zero-order valence-corrected chi connectivity index (χ0v) is 13.2. The fourth-order valence-corrected chi connectivity index (χ4v) is 2.52. The molecule has 0 spiro atoms. The number of carbonyl (C=O) groups is 1. The third kappa shape index (κ3) is 3.37. The van der Waals surface area contributed by atoms with Gasteiger partial charge in [-0.05, 0) is 43.2 Å². The summed E-state index contributed by atoms with van der Waals surface area (Å²) in [7, 11) is 0. The second-order valence-electron chi connectivity index (χ2n) is 5.60. The molecule has 0 aliphatic rings. The Morgan fingerprint density at radius 1 is 1.25 bits per heavy atom. The number of halogens is 1. The molecule has 0 aliphatic carbocycles. The molecule has 0 unspecified atom stereocenters. The van der Waals surface area contributed by atoms with Gasteiger partial charge >= 0.3 is 5.76 Å². The molecule has 1 aromatic heterocycles. The summed E-state index contributed by atoms with van der Waals surface area (Å²) in [6.45, 7) is 2.04. The number of hydrogen-bond acceptors (Lipinski definition) is 3. The van der Waals surface area contributed by atoms with Gasteiger partial charge in [0.2, 0.25) is 5.91 Å². The molecule has 1 amide bonds. The predicted molar refractivity (Wildman–Crippen MR) is 89.5 cm³/mol. The maximum absolute atomic E-state index is 13.5. The number of hydrogen-bond donors (Lipinski definition) is 1. The summed E-state index contributed by atoms with van der Waals surface area (Å²) in [6.07, 6.45) is 0.699. The van der Waals surface area contributed by atoms with Gasteiger partial charge in [-0.15, -0.1) is 0 Å². The van der Waals surface area contributed by atoms with Crippen molar-refractivity contribution < 1.29 is 13.6 Å². The van der Waals surface area contributed by atoms with Crippen LogP contribution in [0.15, 0.2) is 51.7 Å². The van der Waals surface area contributed by atoms with Crippen LogP contribution >= 0.6 is 0 Å². The number of nitrogens with zero attached hydrogens (tertiary/aromatic N) is 1. The highest BCUT2D eigenvalue weighted by atomic mass is 19.1. The zero-order valence-electron chi connectivity index (χ0n) is 13.2. The monoisotopic (exact) mass is 328 g/mol. The van der Waals surface area contributed by atoms with E-state index in [2.05, 4.69) is 5.32 Å². The van der Waals surface area contributed by atoms with Crippen LogP contribution in [0.3, 0.4) is 0 Å². The molecule has 0 aliphatic heterocycles. The summed E-state index contributed by atoms with van der Waals surface area (Å²) in [5, 5.41) is 2.65. The van der Waals surface area contributed by atoms with E-state index in [-0.39, 0.29) is 18.1 Å². The lowest BCUT2D eigenvalue weighted by molar-refractivity contribution is -0.116. The smallest absolute Gasteiger partial charge is 0.408 e. The van der Waals surface area contributed by atoms with Gasteiger partial charge in [-0.2, -0.15) is 0 Å². The van der Waals surface area contributed by atoms with Crippen LogP contribution in [0.1, 0.15) is 18.4 Å². The van der Waals surface area contributed by atoms with E-state index in [1.165, 1.54) is 10.6 Å². The van der Waals surface area contributed by atoms with E-state index >= 15 is 0 Å². The van der Waals surface area contributed by atoms with Crippen LogP contribution < -0.4 is 11.1 Å². The molecular weight excluding hydrogens is 311 g/mol. The summed E-state index contributed by atoms with van der Waals surface area (Å²) >= 11 is 0. The second kappa shape index (κ2) is 6.70. The van der Waals surface area contributed by atoms with E-state index < -0.39 is 5.76 Å². The zero-order chi connectivity index (χ0) is 17.1. The van der Waals surface area contributed by atoms with Crippen LogP contribution in [0.5, 0.6) is 0 Å². The van der Waals surface area contributed by atoms with Crippen molar-refractivity contribution in [3.05, 3.63) is 64.4 Å². The predicted octanol–water partition coefficient (Wildman–Crippen LogP) is 3.46. The maximum atomic E-state index is 13.5. The van der Waals surface area contributed by atoms with Crippen molar-refractivity contribution in [2.24, 2.45) is 0 Å². The van der Waals surface area contributed by atoms with Crippen molar-refractivity contribution in [1.82, 2.24) is 4.57 Å². The number of para-hydroxylation sites is 2. The lowest BCUT2D eigenvalue weighted by Crippen LogP contribution is -2.17. The third-order valence-corrected chi connectivity index (χ3v) is 3.81. The minimum atomic E-state index is -0.433. The van der Waals surface area contributed by atoms with Crippen molar-refractivity contribution in [3.63, 3.8) is 0 Å². The van der Waals surface area contributed by atoms with E-state index in [0.29, 0.717) is 35.3 Å². The number of carbonyl (C=O) groups excluding carboxylic acids is 1. The Morgan fingerprint density at radius 3 is 2.83 bits per heavy atom. The van der Waals surface area contributed by atoms with E-state index in [1.54, 1.807) is 37.3 Å². The maximum Gasteiger partial charge on any atom is 0.419 e. The van der Waals surface area contributed by atoms with Crippen LogP contribution in [0, 0.1) is 12.7 Å². The van der Waals surface area contributed by atoms with E-state index in [4.69, 9.17) is 4.42 Å². The highest BCUT2D eigenvalue weighted by Gasteiger charge is 2.09. The second-order valence-corrected chi connectivity index (χ2v) is 5.60. The Balaban J connectivity index is 1.59. The Kier molecular flexibility index (Phi) is 4.46. The molecule has 5 nitrogen and oxygen atoms in total. The Bertz CT molecular complexity index is 943. The van der Waals surface area contributed by atoms with Gasteiger partial charge in [-0.3, -0.25) is 9.36 Å². The Morgan fingerprint density at radius 2 is 2.04 bits per heavy atom. The molecule has 6 heteroatoms. The highest BCUT2D eigenvalue weighted by molar-refractivity contribution is 5.90. The number of aryl methyl sites for hydroxylation is 2. The average Bonchev–Trinajstić information content (AvgIpc) is 2.87. The highest BCUT2D eigenvalue weighted by Crippen LogP contribution is 2.15. The molecule has 24 heavy (non-hydrogen) atoms. The number of fused-ring (bicyclic) bond motifs is 1. The van der Waals surface area contributed by atoms with Crippen molar-refractivity contribution in [1.29, 1.82) is 0 Å². The van der Waals surface area contributed by atoms with Crippen molar-refractivity contribution in [2.75, 3.05) is 5.32 Å². The van der Waals surface area contributed by atoms with Gasteiger partial charge in [0.15, 0.2) is 5.58 Å². The third-order valence-electron chi connectivity index (χ3n) is 3.81. The average molecular weight is 328 g/mol. The summed E-state index contributed by atoms with van der Waals surface area (Å²) in [5.74, 6) is -1.01. The Labute approximate surface area is 137 Å². The molecule has 0 radical (unpaired) electrons. The largest absolute Gasteiger partial charge is 0.419 e. The van der Waals surface area contributed by atoms with Crippen LogP contribution in [0.25, 0.3) is 11.1 Å². The fourth-order valence-electron chi connectivity index (χ4n) is 2.52. The quantitative estimate of drug-likeness (QED) is 0.780. The molecule has 0 fully saturated rings. The molecule has 1 heterocycles. The van der Waals surface area contributed by atoms with Gasteiger partial charge in [0.05, 0.1) is 5.52 Å². The van der Waals surface area contributed by atoms with E-state index in [0.717, 1.165) is 0 Å². The lowest BCUT2D eigenvalue weighted by atomic mass is 10.2. The summed E-state index contributed by atoms with van der Waals surface area (Å²) in [6, 6.07) is 11.7. The van der Waals surface area contributed by atoms with Crippen molar-refractivity contribution >= 4 is 22.7 Å². The first kappa shape index (κ1) is 16.0. The van der Waals surface area contributed by atoms with Gasteiger partial charge in [0, 0.05) is 18.7 Å². The van der Waals surface area contributed by atoms with Gasteiger partial charge < -0.3 is 9.73 Å². The van der Waals surface area contributed by atoms with Gasteiger partial charge in [0.25, 0.3) is 0 Å². The first-order valence-corrected chi connectivity index (χ1v) is 7.69. The molecule has 3 rings (SSSR count). The standard InChI is InChI=1S/C18H17FN2O3/c1-12-8-9-13(11-14(12)19)20-17(22)7-4-10-21-15-5-2-3-6-16(15)24-18(21)23/h2-3,5-6,8-9,11H,4,7,10H2,1H3,(H,20,22). The molecule has 0 saturated heterocycles. The SMILES string of the molecule is Cc1ccc(NC(=O)CCCn2c(=O)oc3ccccc32)cc1F. The number of nitrogens with one attached hydrogen (secondary N) is 1. The molecule has 3 aromatic rings. The molecule has 0 bridgehead atoms. The number of amides is 1. The fraction of sp³-hybridized carbons (Fsp3) is 0.222. The van der Waals surface area contributed by atoms with Crippen LogP contribution in [-0.2, 0) is 11.3 Å². The first-order valence-electron chi connectivity index (χ1n) is 7.69. The molecular formula is C18H17FN2O3. The van der Waals surface area contributed by atoms with E-state index in [9.17, 15) is 14.0 Å². The minimum absolute atomic E-state index is 0.223. The van der Waals surface area contributed by atoms with Gasteiger partial charge in [-0.25, -0.2) is 9.18 Å². The van der Waals surface area contributed by atoms with E-state index in [1.807, 2.05) is 6.07 Å². The minimum Gasteiger partial charge on any atom is -0.408 e. The molecule has 1 N–H and O–H groups in total. The lowest BCUT2D eigenvalue weighted by Gasteiger charge is -2.06. The summed E-state index contributed by atoms with van der Waals surface area (Å²) in [4.78, 5) is 23.8. The van der Waals surface area contributed by atoms with Crippen molar-refractivity contribution in [3.8, 4) is 0 Å². The number of benzene rings is 2. The molecule has 0 saturated carbocycles. The van der Waals surface area contributed by atoms with Crippen LogP contribution in [0.2, 0.25) is 0 Å². The Hall–Kier alpha value is -2.89. The normalized spacial score (nSPS) is 10.9. The van der Waals surface area contributed by atoms with Crippen LogP contribution in [-0.4, -0.2) is 10.5 Å². The topological polar surface area (TPSA) is 64.2 Å². The number of rotatable bonds is 5. The number of anilines is 1. The molecule has 0 atom stereocenters. The number of aromatic nitrogens is 1. The molecule has 124 valence electrons. The number of oxazole rings is 1. The molecule has 2 aromatic carbocycles. The summed E-state index contributed by atoms with van der Waals surface area (Å²) < 4.78 is 20.1. The summed E-state index contributed by atoms with van der Waals surface area (Å²) in [5.41, 5.74) is 2.19. The van der Waals surface area contributed by atoms with Crippen molar-refractivity contribution in [2.45, 2.75) is 26.3 Å². The van der Waals surface area contributed by atoms with Crippen LogP contribution in [0.4, 0.5) is 10.1 Å². The van der Waals surface area contributed by atoms with Gasteiger partial charge in [0.1, 0.15) is 5.82 Å². The first-order chi connectivity index (χ1) is 11.5. The van der Waals surface area contributed by atoms with Gasteiger partial charge in [-0.1, -0.05) is 18.2 Å².